The van der Waals surface area contributed by atoms with Crippen molar-refractivity contribution in [2.24, 2.45) is 0 Å². The molecule has 4 nitrogen and oxygen atoms in total. The van der Waals surface area contributed by atoms with E-state index in [2.05, 4.69) is 32.1 Å². The number of hydrogen-bond donors (Lipinski definition) is 2. The number of imidazole rings is 2. The van der Waals surface area contributed by atoms with Crippen LogP contribution in [0.15, 0.2) is 30.6 Å². The highest BCUT2D eigenvalue weighted by Gasteiger charge is 2.02. The zero-order chi connectivity index (χ0) is 11.0. The molecule has 80 valence electrons. The molecule has 3 rings (SSSR count). The molecule has 0 aliphatic heterocycles. The van der Waals surface area contributed by atoms with Crippen LogP contribution in [-0.4, -0.2) is 19.9 Å². The minimum absolute atomic E-state index is 0.820. The Bertz CT molecular complexity index is 607. The molecular formula is C12H12N4. The van der Waals surface area contributed by atoms with Crippen molar-refractivity contribution in [1.29, 1.82) is 0 Å². The van der Waals surface area contributed by atoms with Gasteiger partial charge in [-0.2, -0.15) is 0 Å². The van der Waals surface area contributed by atoms with Crippen molar-refractivity contribution in [1.82, 2.24) is 19.9 Å². The van der Waals surface area contributed by atoms with Crippen molar-refractivity contribution in [2.75, 3.05) is 0 Å². The summed E-state index contributed by atoms with van der Waals surface area (Å²) in [5, 5.41) is 0. The lowest BCUT2D eigenvalue weighted by molar-refractivity contribution is 1.03. The first kappa shape index (κ1) is 9.15. The van der Waals surface area contributed by atoms with Gasteiger partial charge in [0.15, 0.2) is 0 Å². The smallest absolute Gasteiger partial charge is 0.110 e. The minimum atomic E-state index is 0.820. The van der Waals surface area contributed by atoms with Crippen LogP contribution in [0.2, 0.25) is 0 Å². The van der Waals surface area contributed by atoms with Gasteiger partial charge in [0, 0.05) is 18.8 Å². The number of rotatable bonds is 2. The molecule has 0 fully saturated rings. The number of hydrogen-bond acceptors (Lipinski definition) is 2. The molecule has 1 aromatic carbocycles. The molecule has 0 bridgehead atoms. The zero-order valence-electron chi connectivity index (χ0n) is 8.99. The molecule has 2 N–H and O–H groups in total. The lowest BCUT2D eigenvalue weighted by Gasteiger charge is -1.98. The Morgan fingerprint density at radius 1 is 1.31 bits per heavy atom. The number of nitrogens with one attached hydrogen (secondary N) is 2. The molecule has 3 aromatic rings. The normalized spacial score (nSPS) is 11.1. The number of aromatic nitrogens is 4. The molecular weight excluding hydrogens is 200 g/mol. The van der Waals surface area contributed by atoms with Gasteiger partial charge in [-0.1, -0.05) is 6.07 Å². The maximum Gasteiger partial charge on any atom is 0.110 e. The Hall–Kier alpha value is -2.10. The van der Waals surface area contributed by atoms with Gasteiger partial charge in [-0.05, 0) is 24.6 Å². The first-order chi connectivity index (χ1) is 7.81. The molecule has 16 heavy (non-hydrogen) atoms. The molecule has 0 amide bonds. The van der Waals surface area contributed by atoms with Gasteiger partial charge in [-0.3, -0.25) is 0 Å². The first-order valence-corrected chi connectivity index (χ1v) is 5.25. The van der Waals surface area contributed by atoms with Gasteiger partial charge in [0.2, 0.25) is 0 Å². The third-order valence-electron chi connectivity index (χ3n) is 2.59. The number of nitrogens with zero attached hydrogens (tertiary/aromatic N) is 2. The van der Waals surface area contributed by atoms with E-state index in [4.69, 9.17) is 0 Å². The number of benzene rings is 1. The van der Waals surface area contributed by atoms with Crippen LogP contribution < -0.4 is 0 Å². The fourth-order valence-corrected chi connectivity index (χ4v) is 1.88. The summed E-state index contributed by atoms with van der Waals surface area (Å²) in [6.07, 6.45) is 4.43. The quantitative estimate of drug-likeness (QED) is 0.684. The molecule has 0 saturated heterocycles. The molecule has 0 radical (unpaired) electrons. The van der Waals surface area contributed by atoms with Crippen molar-refractivity contribution < 1.29 is 0 Å². The molecule has 2 heterocycles. The second-order valence-corrected chi connectivity index (χ2v) is 3.89. The highest BCUT2D eigenvalue weighted by Crippen LogP contribution is 2.15. The van der Waals surface area contributed by atoms with Gasteiger partial charge in [0.25, 0.3) is 0 Å². The molecule has 0 saturated carbocycles. The van der Waals surface area contributed by atoms with Crippen molar-refractivity contribution in [3.05, 3.63) is 47.8 Å². The standard InChI is InChI=1S/C12H12N4/c1-8-15-10-3-2-9(6-11(10)16-8)7-12-13-4-5-14-12/h2-6H,7H2,1H3,(H,13,14)(H,15,16). The second-order valence-electron chi connectivity index (χ2n) is 3.89. The third kappa shape index (κ3) is 1.58. The van der Waals surface area contributed by atoms with Gasteiger partial charge in [-0.25, -0.2) is 9.97 Å². The van der Waals surface area contributed by atoms with Crippen LogP contribution in [-0.2, 0) is 6.42 Å². The topological polar surface area (TPSA) is 57.4 Å². The lowest BCUT2D eigenvalue weighted by Crippen LogP contribution is -1.90. The van der Waals surface area contributed by atoms with Crippen LogP contribution in [0, 0.1) is 6.92 Å². The summed E-state index contributed by atoms with van der Waals surface area (Å²) >= 11 is 0. The summed E-state index contributed by atoms with van der Waals surface area (Å²) in [6, 6.07) is 6.25. The molecule has 0 aliphatic rings. The monoisotopic (exact) mass is 212 g/mol. The summed E-state index contributed by atoms with van der Waals surface area (Å²) in [5.74, 6) is 1.93. The Labute approximate surface area is 92.8 Å². The van der Waals surface area contributed by atoms with Gasteiger partial charge in [0.1, 0.15) is 11.6 Å². The van der Waals surface area contributed by atoms with Gasteiger partial charge < -0.3 is 9.97 Å². The van der Waals surface area contributed by atoms with Crippen molar-refractivity contribution in [3.8, 4) is 0 Å². The first-order valence-electron chi connectivity index (χ1n) is 5.25. The summed E-state index contributed by atoms with van der Waals surface area (Å²) in [5.41, 5.74) is 3.33. The lowest BCUT2D eigenvalue weighted by atomic mass is 10.1. The van der Waals surface area contributed by atoms with Crippen LogP contribution >= 0.6 is 0 Å². The van der Waals surface area contributed by atoms with E-state index in [1.807, 2.05) is 19.2 Å². The van der Waals surface area contributed by atoms with E-state index in [0.29, 0.717) is 0 Å². The Balaban J connectivity index is 1.98. The number of fused-ring (bicyclic) bond motifs is 1. The Kier molecular flexibility index (Phi) is 1.99. The number of aromatic amines is 2. The molecule has 0 atom stereocenters. The van der Waals surface area contributed by atoms with Crippen molar-refractivity contribution in [2.45, 2.75) is 13.3 Å². The summed E-state index contributed by atoms with van der Waals surface area (Å²) in [6.45, 7) is 1.96. The van der Waals surface area contributed by atoms with Crippen molar-refractivity contribution >= 4 is 11.0 Å². The Morgan fingerprint density at radius 3 is 3.06 bits per heavy atom. The van der Waals surface area contributed by atoms with Crippen LogP contribution in [0.5, 0.6) is 0 Å². The average molecular weight is 212 g/mol. The van der Waals surface area contributed by atoms with E-state index < -0.39 is 0 Å². The number of aryl methyl sites for hydroxylation is 1. The average Bonchev–Trinajstić information content (AvgIpc) is 2.85. The van der Waals surface area contributed by atoms with Crippen LogP contribution in [0.4, 0.5) is 0 Å². The van der Waals surface area contributed by atoms with E-state index in [1.165, 1.54) is 5.56 Å². The zero-order valence-corrected chi connectivity index (χ0v) is 8.99. The predicted octanol–water partition coefficient (Wildman–Crippen LogP) is 2.19. The van der Waals surface area contributed by atoms with E-state index in [0.717, 1.165) is 29.1 Å². The molecule has 0 spiro atoms. The fourth-order valence-electron chi connectivity index (χ4n) is 1.88. The van der Waals surface area contributed by atoms with Crippen LogP contribution in [0.25, 0.3) is 11.0 Å². The summed E-state index contributed by atoms with van der Waals surface area (Å²) < 4.78 is 0. The summed E-state index contributed by atoms with van der Waals surface area (Å²) in [7, 11) is 0. The number of H-pyrrole nitrogens is 2. The highest BCUT2D eigenvalue weighted by atomic mass is 14.9. The highest BCUT2D eigenvalue weighted by molar-refractivity contribution is 5.75. The van der Waals surface area contributed by atoms with Gasteiger partial charge >= 0.3 is 0 Å². The minimum Gasteiger partial charge on any atom is -0.348 e. The largest absolute Gasteiger partial charge is 0.348 e. The van der Waals surface area contributed by atoms with Gasteiger partial charge in [-0.15, -0.1) is 0 Å². The molecule has 4 heteroatoms. The second kappa shape index (κ2) is 3.48. The van der Waals surface area contributed by atoms with Crippen LogP contribution in [0.1, 0.15) is 17.2 Å². The van der Waals surface area contributed by atoms with E-state index >= 15 is 0 Å². The predicted molar refractivity (Wildman–Crippen MR) is 62.2 cm³/mol. The van der Waals surface area contributed by atoms with E-state index in [-0.39, 0.29) is 0 Å². The Morgan fingerprint density at radius 2 is 2.25 bits per heavy atom. The summed E-state index contributed by atoms with van der Waals surface area (Å²) in [4.78, 5) is 14.9. The maximum absolute atomic E-state index is 4.37. The van der Waals surface area contributed by atoms with E-state index in [9.17, 15) is 0 Å². The third-order valence-corrected chi connectivity index (χ3v) is 2.59. The molecule has 0 unspecified atom stereocenters. The SMILES string of the molecule is Cc1nc2ccc(Cc3ncc[nH]3)cc2[nH]1. The van der Waals surface area contributed by atoms with Gasteiger partial charge in [0.05, 0.1) is 11.0 Å². The van der Waals surface area contributed by atoms with E-state index in [1.54, 1.807) is 6.20 Å². The molecule has 0 aliphatic carbocycles. The van der Waals surface area contributed by atoms with Crippen LogP contribution in [0.3, 0.4) is 0 Å². The fraction of sp³-hybridized carbons (Fsp3) is 0.167. The molecule has 2 aromatic heterocycles. The van der Waals surface area contributed by atoms with Crippen molar-refractivity contribution in [3.63, 3.8) is 0 Å². The maximum atomic E-state index is 4.37.